The molecule has 0 bridgehead atoms. The molecule has 2 aromatic rings. The average Bonchev–Trinajstić information content (AvgIpc) is 2.97. The molecule has 0 spiro atoms. The summed E-state index contributed by atoms with van der Waals surface area (Å²) in [5.74, 6) is -0.145. The highest BCUT2D eigenvalue weighted by Gasteiger charge is 2.22. The van der Waals surface area contributed by atoms with Gasteiger partial charge in [0.05, 0.1) is 13.7 Å². The summed E-state index contributed by atoms with van der Waals surface area (Å²) in [7, 11) is 1.35. The van der Waals surface area contributed by atoms with E-state index in [9.17, 15) is 4.79 Å². The Hall–Kier alpha value is -1.72. The molecular weight excluding hydrogens is 286 g/mol. The molecule has 0 amide bonds. The lowest BCUT2D eigenvalue weighted by Gasteiger charge is -2.19. The van der Waals surface area contributed by atoms with E-state index in [1.165, 1.54) is 18.4 Å². The van der Waals surface area contributed by atoms with Gasteiger partial charge in [0, 0.05) is 5.38 Å². The van der Waals surface area contributed by atoms with Crippen molar-refractivity contribution in [1.29, 1.82) is 0 Å². The zero-order valence-corrected chi connectivity index (χ0v) is 13.2. The number of carbonyl (C=O) groups is 1. The number of nitrogens with zero attached hydrogens (tertiary/aromatic N) is 1. The van der Waals surface area contributed by atoms with Gasteiger partial charge in [-0.25, -0.2) is 9.78 Å². The Morgan fingerprint density at radius 3 is 2.62 bits per heavy atom. The highest BCUT2D eigenvalue weighted by Crippen LogP contribution is 2.29. The van der Waals surface area contributed by atoms with Crippen molar-refractivity contribution in [3.8, 4) is 0 Å². The number of thiazole rings is 1. The van der Waals surface area contributed by atoms with Crippen LogP contribution < -0.4 is 0 Å². The maximum absolute atomic E-state index is 11.5. The fourth-order valence-electron chi connectivity index (χ4n) is 1.93. The maximum Gasteiger partial charge on any atom is 0.357 e. The van der Waals surface area contributed by atoms with Gasteiger partial charge < -0.3 is 9.47 Å². The van der Waals surface area contributed by atoms with E-state index in [-0.39, 0.29) is 12.0 Å². The van der Waals surface area contributed by atoms with Crippen molar-refractivity contribution in [2.45, 2.75) is 26.6 Å². The van der Waals surface area contributed by atoms with Crippen LogP contribution >= 0.6 is 11.3 Å². The largest absolute Gasteiger partial charge is 0.464 e. The Kier molecular flexibility index (Phi) is 5.47. The van der Waals surface area contributed by atoms with E-state index < -0.39 is 5.97 Å². The lowest BCUT2D eigenvalue weighted by Crippen LogP contribution is -2.12. The van der Waals surface area contributed by atoms with Crippen LogP contribution in [-0.2, 0) is 16.1 Å². The number of ether oxygens (including phenoxy) is 2. The average molecular weight is 305 g/mol. The highest BCUT2D eigenvalue weighted by molar-refractivity contribution is 7.09. The van der Waals surface area contributed by atoms with Gasteiger partial charge in [-0.2, -0.15) is 0 Å². The quantitative estimate of drug-likeness (QED) is 0.761. The summed E-state index contributed by atoms with van der Waals surface area (Å²) in [5, 5.41) is 2.52. The minimum atomic E-state index is -0.414. The van der Waals surface area contributed by atoms with Crippen LogP contribution in [0.5, 0.6) is 0 Å². The molecule has 1 heterocycles. The summed E-state index contributed by atoms with van der Waals surface area (Å²) >= 11 is 1.43. The first-order valence-corrected chi connectivity index (χ1v) is 7.69. The first kappa shape index (κ1) is 15.7. The van der Waals surface area contributed by atoms with Crippen LogP contribution in [0.15, 0.2) is 35.7 Å². The molecule has 0 radical (unpaired) electrons. The highest BCUT2D eigenvalue weighted by atomic mass is 32.1. The summed E-state index contributed by atoms with van der Waals surface area (Å²) in [6, 6.07) is 10.0. The molecule has 2 rings (SSSR count). The molecular formula is C16H19NO3S. The number of aromatic nitrogens is 1. The van der Waals surface area contributed by atoms with Gasteiger partial charge in [0.15, 0.2) is 5.69 Å². The van der Waals surface area contributed by atoms with Gasteiger partial charge in [0.1, 0.15) is 11.1 Å². The predicted octanol–water partition coefficient (Wildman–Crippen LogP) is 3.84. The van der Waals surface area contributed by atoms with E-state index in [0.29, 0.717) is 12.3 Å². The van der Waals surface area contributed by atoms with Crippen molar-refractivity contribution < 1.29 is 14.3 Å². The molecule has 21 heavy (non-hydrogen) atoms. The topological polar surface area (TPSA) is 48.4 Å². The number of rotatable bonds is 6. The lowest BCUT2D eigenvalue weighted by molar-refractivity contribution is 0.00870. The van der Waals surface area contributed by atoms with E-state index in [0.717, 1.165) is 10.6 Å². The second-order valence-corrected chi connectivity index (χ2v) is 5.91. The van der Waals surface area contributed by atoms with Crippen molar-refractivity contribution >= 4 is 17.3 Å². The standard InChI is InChI=1S/C16H19NO3S/c1-11(2)14(20-9-12-7-5-4-6-8-12)15-17-13(10-21-15)16(18)19-3/h4-8,10-11,14H,9H2,1-3H3/t14-/m0/s1. The zero-order chi connectivity index (χ0) is 15.2. The van der Waals surface area contributed by atoms with Crippen molar-refractivity contribution in [2.75, 3.05) is 7.11 Å². The SMILES string of the molecule is COC(=O)c1csc([C@@H](OCc2ccccc2)C(C)C)n1. The molecule has 112 valence electrons. The molecule has 0 saturated heterocycles. The van der Waals surface area contributed by atoms with Gasteiger partial charge in [-0.1, -0.05) is 44.2 Å². The Balaban J connectivity index is 2.08. The van der Waals surface area contributed by atoms with Crippen molar-refractivity contribution in [2.24, 2.45) is 5.92 Å². The minimum Gasteiger partial charge on any atom is -0.464 e. The van der Waals surface area contributed by atoms with E-state index in [1.807, 2.05) is 30.3 Å². The molecule has 0 aliphatic heterocycles. The van der Waals surface area contributed by atoms with Crippen LogP contribution in [0.3, 0.4) is 0 Å². The fourth-order valence-corrected chi connectivity index (χ4v) is 2.93. The zero-order valence-electron chi connectivity index (χ0n) is 12.4. The molecule has 0 saturated carbocycles. The molecule has 0 fully saturated rings. The van der Waals surface area contributed by atoms with E-state index in [4.69, 9.17) is 4.74 Å². The molecule has 4 nitrogen and oxygen atoms in total. The van der Waals surface area contributed by atoms with Crippen molar-refractivity contribution in [3.63, 3.8) is 0 Å². The second-order valence-electron chi connectivity index (χ2n) is 5.02. The molecule has 0 aliphatic carbocycles. The Bertz CT molecular complexity index is 580. The third-order valence-electron chi connectivity index (χ3n) is 3.04. The van der Waals surface area contributed by atoms with Gasteiger partial charge in [0.2, 0.25) is 0 Å². The van der Waals surface area contributed by atoms with Crippen LogP contribution in [0.1, 0.15) is 41.0 Å². The number of benzene rings is 1. The van der Waals surface area contributed by atoms with Crippen molar-refractivity contribution in [3.05, 3.63) is 52.0 Å². The van der Waals surface area contributed by atoms with Gasteiger partial charge in [0.25, 0.3) is 0 Å². The monoisotopic (exact) mass is 305 g/mol. The Morgan fingerprint density at radius 2 is 2.00 bits per heavy atom. The number of hydrogen-bond acceptors (Lipinski definition) is 5. The molecule has 5 heteroatoms. The molecule has 1 atom stereocenters. The van der Waals surface area contributed by atoms with E-state index in [2.05, 4.69) is 23.6 Å². The van der Waals surface area contributed by atoms with Crippen LogP contribution in [0.2, 0.25) is 0 Å². The van der Waals surface area contributed by atoms with Crippen LogP contribution in [0.25, 0.3) is 0 Å². The lowest BCUT2D eigenvalue weighted by atomic mass is 10.1. The Labute approximate surface area is 128 Å². The van der Waals surface area contributed by atoms with Crippen LogP contribution in [0.4, 0.5) is 0 Å². The predicted molar refractivity (Wildman–Crippen MR) is 82.3 cm³/mol. The summed E-state index contributed by atoms with van der Waals surface area (Å²) in [6.45, 7) is 4.68. The smallest absolute Gasteiger partial charge is 0.357 e. The van der Waals surface area contributed by atoms with Gasteiger partial charge in [-0.15, -0.1) is 11.3 Å². The minimum absolute atomic E-state index is 0.131. The van der Waals surface area contributed by atoms with E-state index >= 15 is 0 Å². The van der Waals surface area contributed by atoms with Crippen LogP contribution in [0, 0.1) is 5.92 Å². The molecule has 0 N–H and O–H groups in total. The number of methoxy groups -OCH3 is 1. The number of carbonyl (C=O) groups excluding carboxylic acids is 1. The maximum atomic E-state index is 11.5. The number of esters is 1. The molecule has 0 aliphatic rings. The normalized spacial score (nSPS) is 12.4. The van der Waals surface area contributed by atoms with Gasteiger partial charge in [-0.3, -0.25) is 0 Å². The third-order valence-corrected chi connectivity index (χ3v) is 3.94. The first-order valence-electron chi connectivity index (χ1n) is 6.81. The van der Waals surface area contributed by atoms with Gasteiger partial charge in [-0.05, 0) is 11.5 Å². The second kappa shape index (κ2) is 7.33. The fraction of sp³-hybridized carbons (Fsp3) is 0.375. The first-order chi connectivity index (χ1) is 10.1. The van der Waals surface area contributed by atoms with E-state index in [1.54, 1.807) is 5.38 Å². The molecule has 0 unspecified atom stereocenters. The van der Waals surface area contributed by atoms with Crippen LogP contribution in [-0.4, -0.2) is 18.1 Å². The Morgan fingerprint density at radius 1 is 1.29 bits per heavy atom. The number of hydrogen-bond donors (Lipinski definition) is 0. The summed E-state index contributed by atoms with van der Waals surface area (Å²) in [6.07, 6.45) is -0.131. The van der Waals surface area contributed by atoms with Gasteiger partial charge >= 0.3 is 5.97 Å². The summed E-state index contributed by atoms with van der Waals surface area (Å²) < 4.78 is 10.7. The summed E-state index contributed by atoms with van der Waals surface area (Å²) in [5.41, 5.74) is 1.46. The summed E-state index contributed by atoms with van der Waals surface area (Å²) in [4.78, 5) is 15.8. The molecule has 1 aromatic carbocycles. The molecule has 1 aromatic heterocycles. The van der Waals surface area contributed by atoms with Crippen molar-refractivity contribution in [1.82, 2.24) is 4.98 Å². The third kappa shape index (κ3) is 4.12.